The van der Waals surface area contributed by atoms with Gasteiger partial charge >= 0.3 is 8.56 Å². The summed E-state index contributed by atoms with van der Waals surface area (Å²) in [4.78, 5) is 7.90. The standard InChI is InChI=1S/C29H65N3O2Si/c1-10-22-30(13-4)25-16-19-29(28-35(9,33-7)34-8,20-17-26-31(14-5)23-11-2)21-18-27-32(15-6)24-12-3/h10-28H2,1-9H3. The van der Waals surface area contributed by atoms with E-state index < -0.39 is 8.56 Å². The smallest absolute Gasteiger partial charge is 0.334 e. The maximum absolute atomic E-state index is 6.09. The zero-order valence-electron chi connectivity index (χ0n) is 25.6. The van der Waals surface area contributed by atoms with Crippen molar-refractivity contribution < 1.29 is 8.85 Å². The molecule has 0 radical (unpaired) electrons. The van der Waals surface area contributed by atoms with Crippen molar-refractivity contribution in [2.24, 2.45) is 5.41 Å². The van der Waals surface area contributed by atoms with Gasteiger partial charge in [-0.05, 0) is 135 Å². The Morgan fingerprint density at radius 2 is 0.857 bits per heavy atom. The summed E-state index contributed by atoms with van der Waals surface area (Å²) in [5, 5.41) is 0. The molecule has 212 valence electrons. The van der Waals surface area contributed by atoms with Gasteiger partial charge in [-0.25, -0.2) is 0 Å². The summed E-state index contributed by atoms with van der Waals surface area (Å²) < 4.78 is 12.2. The Kier molecular flexibility index (Phi) is 21.0. The predicted octanol–water partition coefficient (Wildman–Crippen LogP) is 6.87. The number of hydrogen-bond donors (Lipinski definition) is 0. The van der Waals surface area contributed by atoms with Crippen LogP contribution in [0.1, 0.15) is 99.3 Å². The van der Waals surface area contributed by atoms with Gasteiger partial charge < -0.3 is 23.6 Å². The summed E-state index contributed by atoms with van der Waals surface area (Å²) in [7, 11) is 1.58. The lowest BCUT2D eigenvalue weighted by Crippen LogP contribution is -2.43. The van der Waals surface area contributed by atoms with Crippen LogP contribution in [0.3, 0.4) is 0 Å². The third-order valence-electron chi connectivity index (χ3n) is 8.07. The third kappa shape index (κ3) is 15.1. The highest BCUT2D eigenvalue weighted by Gasteiger charge is 2.41. The van der Waals surface area contributed by atoms with Crippen molar-refractivity contribution in [2.45, 2.75) is 112 Å². The SMILES string of the molecule is CCCN(CC)CCCC(CCCN(CC)CCC)(CCCN(CC)CCC)C[Si](C)(OC)OC. The molecule has 0 N–H and O–H groups in total. The lowest BCUT2D eigenvalue weighted by molar-refractivity contribution is 0.153. The molecule has 0 aromatic carbocycles. The van der Waals surface area contributed by atoms with Crippen molar-refractivity contribution in [1.82, 2.24) is 14.7 Å². The first-order valence-electron chi connectivity index (χ1n) is 15.1. The van der Waals surface area contributed by atoms with Crippen LogP contribution in [0.4, 0.5) is 0 Å². The summed E-state index contributed by atoms with van der Waals surface area (Å²) >= 11 is 0. The molecular weight excluding hydrogens is 450 g/mol. The average molecular weight is 516 g/mol. The molecule has 0 heterocycles. The molecule has 0 saturated heterocycles. The van der Waals surface area contributed by atoms with E-state index in [1.54, 1.807) is 0 Å². The monoisotopic (exact) mass is 515 g/mol. The van der Waals surface area contributed by atoms with E-state index in [1.807, 2.05) is 14.2 Å². The van der Waals surface area contributed by atoms with E-state index in [2.05, 4.69) is 62.8 Å². The lowest BCUT2D eigenvalue weighted by atomic mass is 9.76. The number of hydrogen-bond acceptors (Lipinski definition) is 5. The zero-order chi connectivity index (χ0) is 26.6. The maximum Gasteiger partial charge on any atom is 0.334 e. The molecule has 5 nitrogen and oxygen atoms in total. The molecule has 0 atom stereocenters. The van der Waals surface area contributed by atoms with Gasteiger partial charge in [0, 0.05) is 14.2 Å². The summed E-state index contributed by atoms with van der Waals surface area (Å²) in [6.07, 6.45) is 11.5. The zero-order valence-corrected chi connectivity index (χ0v) is 26.6. The van der Waals surface area contributed by atoms with Gasteiger partial charge in [-0.1, -0.05) is 41.5 Å². The van der Waals surface area contributed by atoms with E-state index in [-0.39, 0.29) is 0 Å². The van der Waals surface area contributed by atoms with Crippen molar-refractivity contribution in [2.75, 3.05) is 73.1 Å². The van der Waals surface area contributed by atoms with Gasteiger partial charge in [0.1, 0.15) is 0 Å². The van der Waals surface area contributed by atoms with Gasteiger partial charge in [0.15, 0.2) is 0 Å². The predicted molar refractivity (Wildman–Crippen MR) is 158 cm³/mol. The van der Waals surface area contributed by atoms with Gasteiger partial charge in [-0.15, -0.1) is 0 Å². The molecule has 0 saturated carbocycles. The van der Waals surface area contributed by atoms with Crippen LogP contribution in [0.15, 0.2) is 0 Å². The number of rotatable bonds is 25. The van der Waals surface area contributed by atoms with E-state index in [4.69, 9.17) is 8.85 Å². The molecule has 6 heteroatoms. The molecule has 0 rings (SSSR count). The molecule has 0 aromatic rings. The Morgan fingerprint density at radius 3 is 1.09 bits per heavy atom. The van der Waals surface area contributed by atoms with Crippen LogP contribution in [0, 0.1) is 5.41 Å². The molecule has 0 bridgehead atoms. The Labute approximate surface area is 222 Å². The summed E-state index contributed by atoms with van der Waals surface area (Å²) in [6.45, 7) is 26.9. The van der Waals surface area contributed by atoms with Crippen LogP contribution in [0.2, 0.25) is 12.6 Å². The van der Waals surface area contributed by atoms with Gasteiger partial charge in [-0.2, -0.15) is 0 Å². The highest BCUT2D eigenvalue weighted by Crippen LogP contribution is 2.43. The molecule has 35 heavy (non-hydrogen) atoms. The molecule has 0 aliphatic carbocycles. The quantitative estimate of drug-likeness (QED) is 0.124. The minimum atomic E-state index is -2.18. The summed E-state index contributed by atoms with van der Waals surface area (Å²) in [5.41, 5.74) is 0.315. The van der Waals surface area contributed by atoms with Crippen LogP contribution in [0.5, 0.6) is 0 Å². The van der Waals surface area contributed by atoms with Crippen LogP contribution in [-0.4, -0.2) is 96.4 Å². The molecule has 0 spiro atoms. The van der Waals surface area contributed by atoms with Gasteiger partial charge in [-0.3, -0.25) is 0 Å². The third-order valence-corrected chi connectivity index (χ3v) is 11.2. The van der Waals surface area contributed by atoms with Crippen molar-refractivity contribution >= 4 is 8.56 Å². The lowest BCUT2D eigenvalue weighted by Gasteiger charge is -2.40. The second kappa shape index (κ2) is 21.0. The molecular formula is C29H65N3O2Si. The molecule has 0 aromatic heterocycles. The second-order valence-corrected chi connectivity index (χ2v) is 14.3. The van der Waals surface area contributed by atoms with E-state index in [0.29, 0.717) is 5.41 Å². The van der Waals surface area contributed by atoms with Crippen LogP contribution in [0.25, 0.3) is 0 Å². The normalized spacial score (nSPS) is 13.0. The van der Waals surface area contributed by atoms with Gasteiger partial charge in [0.05, 0.1) is 0 Å². The van der Waals surface area contributed by atoms with E-state index in [1.165, 1.54) is 97.1 Å². The molecule has 0 unspecified atom stereocenters. The van der Waals surface area contributed by atoms with Crippen LogP contribution in [-0.2, 0) is 8.85 Å². The van der Waals surface area contributed by atoms with Crippen molar-refractivity contribution in [3.63, 3.8) is 0 Å². The fourth-order valence-electron chi connectivity index (χ4n) is 5.81. The Bertz CT molecular complexity index is 427. The highest BCUT2D eigenvalue weighted by molar-refractivity contribution is 6.66. The summed E-state index contributed by atoms with van der Waals surface area (Å²) in [6, 6.07) is 1.12. The minimum absolute atomic E-state index is 0.315. The fourth-order valence-corrected chi connectivity index (χ4v) is 8.16. The van der Waals surface area contributed by atoms with E-state index in [0.717, 1.165) is 25.7 Å². The molecule has 0 aliphatic rings. The maximum atomic E-state index is 6.09. The topological polar surface area (TPSA) is 28.2 Å². The average Bonchev–Trinajstić information content (AvgIpc) is 2.86. The Hall–Kier alpha value is 0.0169. The fraction of sp³-hybridized carbons (Fsp3) is 1.00. The van der Waals surface area contributed by atoms with E-state index in [9.17, 15) is 0 Å². The Balaban J connectivity index is 5.64. The Morgan fingerprint density at radius 1 is 0.543 bits per heavy atom. The highest BCUT2D eigenvalue weighted by atomic mass is 28.4. The van der Waals surface area contributed by atoms with Crippen molar-refractivity contribution in [3.05, 3.63) is 0 Å². The first-order chi connectivity index (χ1) is 16.8. The van der Waals surface area contributed by atoms with Crippen molar-refractivity contribution in [1.29, 1.82) is 0 Å². The van der Waals surface area contributed by atoms with Gasteiger partial charge in [0.25, 0.3) is 0 Å². The second-order valence-electron chi connectivity index (χ2n) is 10.8. The first kappa shape index (κ1) is 35.0. The van der Waals surface area contributed by atoms with Gasteiger partial charge in [0.2, 0.25) is 0 Å². The molecule has 0 amide bonds. The first-order valence-corrected chi connectivity index (χ1v) is 17.6. The minimum Gasteiger partial charge on any atom is -0.398 e. The molecule has 0 fully saturated rings. The summed E-state index contributed by atoms with van der Waals surface area (Å²) in [5.74, 6) is 0. The van der Waals surface area contributed by atoms with Crippen LogP contribution >= 0.6 is 0 Å². The van der Waals surface area contributed by atoms with Crippen molar-refractivity contribution in [3.8, 4) is 0 Å². The molecule has 0 aliphatic heterocycles. The number of nitrogens with zero attached hydrogens (tertiary/aromatic N) is 3. The van der Waals surface area contributed by atoms with E-state index >= 15 is 0 Å². The largest absolute Gasteiger partial charge is 0.398 e. The van der Waals surface area contributed by atoms with Crippen LogP contribution < -0.4 is 0 Å².